The van der Waals surface area contributed by atoms with E-state index in [1.807, 2.05) is 50.2 Å². The lowest BCUT2D eigenvalue weighted by molar-refractivity contribution is -0.111. The molecule has 0 saturated carbocycles. The smallest absolute Gasteiger partial charge is 0.319 e. The van der Waals surface area contributed by atoms with Crippen LogP contribution in [0.3, 0.4) is 0 Å². The van der Waals surface area contributed by atoms with E-state index in [0.717, 1.165) is 16.9 Å². The summed E-state index contributed by atoms with van der Waals surface area (Å²) in [7, 11) is 0. The minimum atomic E-state index is -0.330. The van der Waals surface area contributed by atoms with Gasteiger partial charge in [0.15, 0.2) is 0 Å². The van der Waals surface area contributed by atoms with E-state index in [-0.39, 0.29) is 18.0 Å². The summed E-state index contributed by atoms with van der Waals surface area (Å²) < 4.78 is 5.74. The highest BCUT2D eigenvalue weighted by Crippen LogP contribution is 2.21. The van der Waals surface area contributed by atoms with Crippen LogP contribution in [0.5, 0.6) is 5.75 Å². The third-order valence-electron chi connectivity index (χ3n) is 4.29. The maximum atomic E-state index is 12.4. The first-order valence-corrected chi connectivity index (χ1v) is 10.3. The number of nitrogens with zero attached hydrogens (tertiary/aromatic N) is 1. The number of para-hydroxylation sites is 2. The second-order valence-corrected chi connectivity index (χ2v) is 7.34. The fourth-order valence-corrected chi connectivity index (χ4v) is 2.79. The molecule has 0 radical (unpaired) electrons. The average molecular weight is 431 g/mol. The molecule has 32 heavy (non-hydrogen) atoms. The number of carbonyl (C=O) groups is 2. The molecule has 1 heterocycles. The number of hydrogen-bond acceptors (Lipinski definition) is 4. The molecule has 3 aromatic rings. The second kappa shape index (κ2) is 11.3. The van der Waals surface area contributed by atoms with Gasteiger partial charge in [0, 0.05) is 30.1 Å². The summed E-state index contributed by atoms with van der Waals surface area (Å²) in [6.45, 7) is 4.18. The Hall–Kier alpha value is -4.13. The van der Waals surface area contributed by atoms with Crippen molar-refractivity contribution in [2.75, 3.05) is 10.6 Å². The summed E-state index contributed by atoms with van der Waals surface area (Å²) in [4.78, 5) is 28.4. The van der Waals surface area contributed by atoms with E-state index in [4.69, 9.17) is 4.74 Å². The van der Waals surface area contributed by atoms with Crippen LogP contribution in [0, 0.1) is 0 Å². The maximum absolute atomic E-state index is 12.4. The van der Waals surface area contributed by atoms with Crippen molar-refractivity contribution in [1.29, 1.82) is 0 Å². The van der Waals surface area contributed by atoms with Crippen LogP contribution in [0.15, 0.2) is 79.1 Å². The van der Waals surface area contributed by atoms with Crippen LogP contribution < -0.4 is 20.7 Å². The quantitative estimate of drug-likeness (QED) is 0.446. The number of anilines is 2. The van der Waals surface area contributed by atoms with Crippen LogP contribution in [0.1, 0.15) is 25.0 Å². The molecule has 0 fully saturated rings. The van der Waals surface area contributed by atoms with Gasteiger partial charge in [-0.15, -0.1) is 0 Å². The Balaban J connectivity index is 1.55. The SMILES string of the molecule is CC(C)NC(=O)Nc1ccccc1NC(=O)/C=C/c1ccc(OCc2cccnc2)cc1. The molecule has 3 N–H and O–H groups in total. The standard InChI is InChI=1S/C25H26N4O3/c1-18(2)27-25(31)29-23-8-4-3-7-22(23)28-24(30)14-11-19-9-12-21(13-10-19)32-17-20-6-5-15-26-16-20/h3-16,18H,17H2,1-2H3,(H,28,30)(H2,27,29,31)/b14-11+. The van der Waals surface area contributed by atoms with Gasteiger partial charge in [-0.05, 0) is 55.8 Å². The van der Waals surface area contributed by atoms with E-state index in [1.54, 1.807) is 42.7 Å². The van der Waals surface area contributed by atoms with Crippen molar-refractivity contribution in [1.82, 2.24) is 10.3 Å². The Labute approximate surface area is 187 Å². The molecule has 0 spiro atoms. The largest absolute Gasteiger partial charge is 0.489 e. The van der Waals surface area contributed by atoms with E-state index >= 15 is 0 Å². The van der Waals surface area contributed by atoms with Crippen LogP contribution in [0.25, 0.3) is 6.08 Å². The number of pyridine rings is 1. The number of ether oxygens (including phenoxy) is 1. The minimum Gasteiger partial charge on any atom is -0.489 e. The van der Waals surface area contributed by atoms with Gasteiger partial charge in [-0.1, -0.05) is 30.3 Å². The summed E-state index contributed by atoms with van der Waals surface area (Å²) in [6, 6.07) is 18.0. The molecule has 164 valence electrons. The molecule has 0 aliphatic carbocycles. The van der Waals surface area contributed by atoms with Crippen molar-refractivity contribution in [3.05, 3.63) is 90.3 Å². The molecule has 3 rings (SSSR count). The normalized spacial score (nSPS) is 10.7. The zero-order chi connectivity index (χ0) is 22.8. The number of aromatic nitrogens is 1. The van der Waals surface area contributed by atoms with Crippen molar-refractivity contribution < 1.29 is 14.3 Å². The first kappa shape index (κ1) is 22.6. The van der Waals surface area contributed by atoms with E-state index in [9.17, 15) is 9.59 Å². The molecular formula is C25H26N4O3. The lowest BCUT2D eigenvalue weighted by atomic mass is 10.2. The van der Waals surface area contributed by atoms with Crippen LogP contribution >= 0.6 is 0 Å². The lowest BCUT2D eigenvalue weighted by Crippen LogP contribution is -2.34. The number of carbonyl (C=O) groups excluding carboxylic acids is 2. The van der Waals surface area contributed by atoms with Crippen LogP contribution in [-0.4, -0.2) is 23.0 Å². The molecule has 0 aliphatic rings. The van der Waals surface area contributed by atoms with E-state index < -0.39 is 0 Å². The predicted molar refractivity (Wildman–Crippen MR) is 126 cm³/mol. The number of hydrogen-bond donors (Lipinski definition) is 3. The van der Waals surface area contributed by atoms with Crippen molar-refractivity contribution >= 4 is 29.4 Å². The molecule has 7 nitrogen and oxygen atoms in total. The van der Waals surface area contributed by atoms with Crippen LogP contribution in [-0.2, 0) is 11.4 Å². The van der Waals surface area contributed by atoms with Gasteiger partial charge in [-0.3, -0.25) is 9.78 Å². The van der Waals surface area contributed by atoms with Gasteiger partial charge >= 0.3 is 6.03 Å². The summed E-state index contributed by atoms with van der Waals surface area (Å²) in [6.07, 6.45) is 6.64. The first-order valence-electron chi connectivity index (χ1n) is 10.3. The van der Waals surface area contributed by atoms with Crippen LogP contribution in [0.4, 0.5) is 16.2 Å². The van der Waals surface area contributed by atoms with Crippen LogP contribution in [0.2, 0.25) is 0 Å². The number of rotatable bonds is 8. The molecule has 3 amide bonds. The third kappa shape index (κ3) is 7.28. The van der Waals surface area contributed by atoms with Gasteiger partial charge in [-0.25, -0.2) is 4.79 Å². The van der Waals surface area contributed by atoms with E-state index in [2.05, 4.69) is 20.9 Å². The zero-order valence-corrected chi connectivity index (χ0v) is 18.0. The number of nitrogens with one attached hydrogen (secondary N) is 3. The molecule has 2 aromatic carbocycles. The second-order valence-electron chi connectivity index (χ2n) is 7.34. The van der Waals surface area contributed by atoms with E-state index in [0.29, 0.717) is 18.0 Å². The number of benzene rings is 2. The van der Waals surface area contributed by atoms with Crippen molar-refractivity contribution in [3.8, 4) is 5.75 Å². The summed E-state index contributed by atoms with van der Waals surface area (Å²) in [5, 5.41) is 8.29. The van der Waals surface area contributed by atoms with E-state index in [1.165, 1.54) is 6.08 Å². The Morgan fingerprint density at radius 2 is 1.69 bits per heavy atom. The summed E-state index contributed by atoms with van der Waals surface area (Å²) in [5.74, 6) is 0.426. The molecular weight excluding hydrogens is 404 g/mol. The Kier molecular flexibility index (Phi) is 7.97. The maximum Gasteiger partial charge on any atom is 0.319 e. The highest BCUT2D eigenvalue weighted by Gasteiger charge is 2.08. The Bertz CT molecular complexity index is 1060. The molecule has 0 bridgehead atoms. The number of amides is 3. The topological polar surface area (TPSA) is 92.4 Å². The molecule has 0 unspecified atom stereocenters. The molecule has 1 aromatic heterocycles. The Morgan fingerprint density at radius 1 is 0.969 bits per heavy atom. The monoisotopic (exact) mass is 430 g/mol. The number of urea groups is 1. The first-order chi connectivity index (χ1) is 15.5. The van der Waals surface area contributed by atoms with Gasteiger partial charge in [0.05, 0.1) is 11.4 Å². The molecule has 0 aliphatic heterocycles. The fraction of sp³-hybridized carbons (Fsp3) is 0.160. The van der Waals surface area contributed by atoms with Gasteiger partial charge in [0.1, 0.15) is 12.4 Å². The molecule has 7 heteroatoms. The highest BCUT2D eigenvalue weighted by molar-refractivity contribution is 6.05. The van der Waals surface area contributed by atoms with Crippen molar-refractivity contribution in [2.45, 2.75) is 26.5 Å². The highest BCUT2D eigenvalue weighted by atomic mass is 16.5. The summed E-state index contributed by atoms with van der Waals surface area (Å²) in [5.41, 5.74) is 2.88. The van der Waals surface area contributed by atoms with Crippen molar-refractivity contribution in [3.63, 3.8) is 0 Å². The average Bonchev–Trinajstić information content (AvgIpc) is 2.78. The fourth-order valence-electron chi connectivity index (χ4n) is 2.79. The minimum absolute atomic E-state index is 0.00632. The zero-order valence-electron chi connectivity index (χ0n) is 18.0. The van der Waals surface area contributed by atoms with Crippen molar-refractivity contribution in [2.24, 2.45) is 0 Å². The summed E-state index contributed by atoms with van der Waals surface area (Å²) >= 11 is 0. The van der Waals surface area contributed by atoms with Gasteiger partial charge in [-0.2, -0.15) is 0 Å². The van der Waals surface area contributed by atoms with Gasteiger partial charge in [0.2, 0.25) is 5.91 Å². The lowest BCUT2D eigenvalue weighted by Gasteiger charge is -2.13. The van der Waals surface area contributed by atoms with Gasteiger partial charge < -0.3 is 20.7 Å². The molecule has 0 saturated heterocycles. The Morgan fingerprint density at radius 3 is 2.34 bits per heavy atom. The third-order valence-corrected chi connectivity index (χ3v) is 4.29. The predicted octanol–water partition coefficient (Wildman–Crippen LogP) is 4.84. The van der Waals surface area contributed by atoms with Gasteiger partial charge in [0.25, 0.3) is 0 Å². The molecule has 0 atom stereocenters.